The van der Waals surface area contributed by atoms with Crippen molar-refractivity contribution in [2.45, 2.75) is 16.9 Å². The van der Waals surface area contributed by atoms with Crippen molar-refractivity contribution >= 4 is 58.0 Å². The minimum atomic E-state index is -0.181. The molecule has 4 rings (SSSR count). The van der Waals surface area contributed by atoms with Gasteiger partial charge in [0.25, 0.3) is 5.91 Å². The summed E-state index contributed by atoms with van der Waals surface area (Å²) in [5.41, 5.74) is 1.93. The number of benzene rings is 2. The second-order valence-electron chi connectivity index (χ2n) is 6.03. The molecule has 1 aliphatic heterocycles. The molecule has 3 aromatic rings. The van der Waals surface area contributed by atoms with Crippen LogP contribution in [0.15, 0.2) is 85.0 Å². The predicted molar refractivity (Wildman–Crippen MR) is 116 cm³/mol. The molecule has 2 aromatic carbocycles. The van der Waals surface area contributed by atoms with Gasteiger partial charge in [0.15, 0.2) is 10.3 Å². The van der Waals surface area contributed by atoms with Crippen LogP contribution in [0.3, 0.4) is 0 Å². The largest absolute Gasteiger partial charge is 0.450 e. The Morgan fingerprint density at radius 1 is 1.14 bits per heavy atom. The third-order valence-electron chi connectivity index (χ3n) is 3.79. The van der Waals surface area contributed by atoms with Crippen molar-refractivity contribution in [1.29, 1.82) is 0 Å². The number of nitrogens with zero attached hydrogens (tertiary/aromatic N) is 1. The Labute approximate surface area is 176 Å². The topological polar surface area (TPSA) is 54.6 Å². The van der Waals surface area contributed by atoms with E-state index in [0.29, 0.717) is 20.9 Å². The monoisotopic (exact) mass is 426 g/mol. The zero-order valence-electron chi connectivity index (χ0n) is 14.8. The standard InChI is InChI=1S/C21H15ClN2O2S2/c1-13-3-2-4-15(11-13)23-21-24-20(25)18(28-21)12-16-7-10-19(26-16)27-17-8-5-14(22)6-9-17/h2-12H,1H3,(H,23,24,25)/b18-12+. The zero-order chi connectivity index (χ0) is 19.5. The molecule has 2 heterocycles. The van der Waals surface area contributed by atoms with Crippen molar-refractivity contribution in [3.63, 3.8) is 0 Å². The molecule has 1 N–H and O–H groups in total. The van der Waals surface area contributed by atoms with Crippen molar-refractivity contribution in [3.8, 4) is 0 Å². The fraction of sp³-hybridized carbons (Fsp3) is 0.0476. The summed E-state index contributed by atoms with van der Waals surface area (Å²) >= 11 is 8.70. The minimum absolute atomic E-state index is 0.181. The van der Waals surface area contributed by atoms with Crippen molar-refractivity contribution < 1.29 is 9.21 Å². The Morgan fingerprint density at radius 3 is 2.75 bits per heavy atom. The van der Waals surface area contributed by atoms with Gasteiger partial charge in [-0.25, -0.2) is 4.99 Å². The number of hydrogen-bond acceptors (Lipinski definition) is 5. The number of rotatable bonds is 4. The lowest BCUT2D eigenvalue weighted by atomic mass is 10.2. The first kappa shape index (κ1) is 18.9. The first-order chi connectivity index (χ1) is 13.5. The van der Waals surface area contributed by atoms with Crippen LogP contribution < -0.4 is 5.32 Å². The summed E-state index contributed by atoms with van der Waals surface area (Å²) in [4.78, 5) is 18.3. The summed E-state index contributed by atoms with van der Waals surface area (Å²) in [6, 6.07) is 19.1. The second-order valence-corrected chi connectivity index (χ2v) is 8.58. The van der Waals surface area contributed by atoms with E-state index in [1.807, 2.05) is 67.6 Å². The zero-order valence-corrected chi connectivity index (χ0v) is 17.2. The lowest BCUT2D eigenvalue weighted by Gasteiger charge is -1.97. The molecule has 1 fully saturated rings. The normalized spacial score (nSPS) is 16.7. The number of hydrogen-bond donors (Lipinski definition) is 1. The van der Waals surface area contributed by atoms with Gasteiger partial charge in [0, 0.05) is 16.0 Å². The fourth-order valence-electron chi connectivity index (χ4n) is 2.51. The first-order valence-corrected chi connectivity index (χ1v) is 10.5. The van der Waals surface area contributed by atoms with Crippen LogP contribution in [0, 0.1) is 6.92 Å². The maximum absolute atomic E-state index is 12.2. The van der Waals surface area contributed by atoms with E-state index in [-0.39, 0.29) is 5.91 Å². The Bertz CT molecular complexity index is 1090. The van der Waals surface area contributed by atoms with Gasteiger partial charge < -0.3 is 9.73 Å². The van der Waals surface area contributed by atoms with Crippen LogP contribution in [0.4, 0.5) is 5.69 Å². The molecule has 0 bridgehead atoms. The van der Waals surface area contributed by atoms with Crippen molar-refractivity contribution in [2.75, 3.05) is 0 Å². The number of carbonyl (C=O) groups excluding carboxylic acids is 1. The third-order valence-corrected chi connectivity index (χ3v) is 5.88. The number of thioether (sulfide) groups is 1. The number of nitrogens with one attached hydrogen (secondary N) is 1. The highest BCUT2D eigenvalue weighted by Gasteiger charge is 2.24. The first-order valence-electron chi connectivity index (χ1n) is 8.45. The van der Waals surface area contributed by atoms with Crippen LogP contribution in [-0.4, -0.2) is 11.1 Å². The quantitative estimate of drug-likeness (QED) is 0.498. The van der Waals surface area contributed by atoms with E-state index in [1.165, 1.54) is 23.5 Å². The highest BCUT2D eigenvalue weighted by molar-refractivity contribution is 8.18. The number of aryl methyl sites for hydroxylation is 1. The van der Waals surface area contributed by atoms with Gasteiger partial charge in [-0.3, -0.25) is 4.79 Å². The van der Waals surface area contributed by atoms with Crippen LogP contribution >= 0.6 is 35.1 Å². The lowest BCUT2D eigenvalue weighted by molar-refractivity contribution is -0.115. The average molecular weight is 427 g/mol. The number of furan rings is 1. The Kier molecular flexibility index (Phi) is 5.62. The third kappa shape index (κ3) is 4.70. The highest BCUT2D eigenvalue weighted by atomic mass is 35.5. The molecule has 1 aliphatic rings. The van der Waals surface area contributed by atoms with Gasteiger partial charge in [-0.1, -0.05) is 35.5 Å². The van der Waals surface area contributed by atoms with Gasteiger partial charge in [-0.2, -0.15) is 0 Å². The van der Waals surface area contributed by atoms with Crippen molar-refractivity contribution in [1.82, 2.24) is 5.32 Å². The van der Waals surface area contributed by atoms with Gasteiger partial charge in [-0.15, -0.1) is 0 Å². The number of amides is 1. The molecular formula is C21H15ClN2O2S2. The molecule has 0 unspecified atom stereocenters. The van der Waals surface area contributed by atoms with Crippen LogP contribution in [0.1, 0.15) is 11.3 Å². The van der Waals surface area contributed by atoms with Gasteiger partial charge >= 0.3 is 0 Å². The van der Waals surface area contributed by atoms with E-state index in [1.54, 1.807) is 6.08 Å². The summed E-state index contributed by atoms with van der Waals surface area (Å²) in [5.74, 6) is 0.436. The van der Waals surface area contributed by atoms with Gasteiger partial charge in [0.2, 0.25) is 0 Å². The minimum Gasteiger partial charge on any atom is -0.450 e. The Balaban J connectivity index is 1.48. The maximum atomic E-state index is 12.2. The smallest absolute Gasteiger partial charge is 0.264 e. The number of aliphatic imine (C=N–C) groups is 1. The molecule has 0 radical (unpaired) electrons. The van der Waals surface area contributed by atoms with E-state index in [2.05, 4.69) is 10.3 Å². The molecule has 1 amide bonds. The van der Waals surface area contributed by atoms with E-state index in [9.17, 15) is 4.79 Å². The molecule has 1 saturated heterocycles. The van der Waals surface area contributed by atoms with Crippen molar-refractivity contribution in [2.24, 2.45) is 4.99 Å². The molecule has 0 aliphatic carbocycles. The average Bonchev–Trinajstić information content (AvgIpc) is 3.24. The number of amidine groups is 1. The Morgan fingerprint density at radius 2 is 1.96 bits per heavy atom. The molecular weight excluding hydrogens is 412 g/mol. The van der Waals surface area contributed by atoms with Gasteiger partial charge in [0.05, 0.1) is 10.6 Å². The summed E-state index contributed by atoms with van der Waals surface area (Å²) in [6.45, 7) is 2.01. The molecule has 4 nitrogen and oxygen atoms in total. The molecule has 0 spiro atoms. The van der Waals surface area contributed by atoms with E-state index >= 15 is 0 Å². The van der Waals surface area contributed by atoms with Gasteiger partial charge in [0.1, 0.15) is 5.76 Å². The molecule has 0 atom stereocenters. The van der Waals surface area contributed by atoms with Crippen LogP contribution in [0.25, 0.3) is 6.08 Å². The summed E-state index contributed by atoms with van der Waals surface area (Å²) in [5, 5.41) is 4.79. The molecule has 140 valence electrons. The van der Waals surface area contributed by atoms with Gasteiger partial charge in [-0.05, 0) is 72.8 Å². The predicted octanol–water partition coefficient (Wildman–Crippen LogP) is 6.28. The van der Waals surface area contributed by atoms with Crippen LogP contribution in [-0.2, 0) is 4.79 Å². The van der Waals surface area contributed by atoms with Crippen LogP contribution in [0.2, 0.25) is 5.02 Å². The number of halogens is 1. The van der Waals surface area contributed by atoms with Crippen molar-refractivity contribution in [3.05, 3.63) is 81.9 Å². The summed E-state index contributed by atoms with van der Waals surface area (Å²) < 4.78 is 5.82. The SMILES string of the molecule is Cc1cccc(N=C2NC(=O)/C(=C\c3ccc(Sc4ccc(Cl)cc4)o3)S2)c1. The Hall–Kier alpha value is -2.41. The van der Waals surface area contributed by atoms with Crippen LogP contribution in [0.5, 0.6) is 0 Å². The molecule has 7 heteroatoms. The lowest BCUT2D eigenvalue weighted by Crippen LogP contribution is -2.19. The van der Waals surface area contributed by atoms with E-state index in [0.717, 1.165) is 21.2 Å². The maximum Gasteiger partial charge on any atom is 0.264 e. The highest BCUT2D eigenvalue weighted by Crippen LogP contribution is 2.32. The fourth-order valence-corrected chi connectivity index (χ4v) is 4.24. The second kappa shape index (κ2) is 8.31. The molecule has 0 saturated carbocycles. The van der Waals surface area contributed by atoms with E-state index < -0.39 is 0 Å². The summed E-state index contributed by atoms with van der Waals surface area (Å²) in [7, 11) is 0. The molecule has 1 aromatic heterocycles. The summed E-state index contributed by atoms with van der Waals surface area (Å²) in [6.07, 6.45) is 1.73. The molecule has 28 heavy (non-hydrogen) atoms. The van der Waals surface area contributed by atoms with E-state index in [4.69, 9.17) is 16.0 Å². The number of carbonyl (C=O) groups is 1.